The van der Waals surface area contributed by atoms with E-state index in [2.05, 4.69) is 27.4 Å². The van der Waals surface area contributed by atoms with Gasteiger partial charge in [0.1, 0.15) is 6.10 Å². The van der Waals surface area contributed by atoms with Crippen molar-refractivity contribution in [1.29, 1.82) is 0 Å². The maximum Gasteiger partial charge on any atom is 0.255 e. The van der Waals surface area contributed by atoms with Crippen molar-refractivity contribution in [2.45, 2.75) is 39.2 Å². The molecule has 0 fully saturated rings. The first-order chi connectivity index (χ1) is 8.79. The van der Waals surface area contributed by atoms with Gasteiger partial charge in [-0.2, -0.15) is 0 Å². The molecule has 0 aliphatic carbocycles. The van der Waals surface area contributed by atoms with E-state index in [9.17, 15) is 9.90 Å². The fourth-order valence-electron chi connectivity index (χ4n) is 2.00. The fraction of sp³-hybridized carbons (Fsp3) is 0.438. The van der Waals surface area contributed by atoms with E-state index in [0.29, 0.717) is 6.54 Å². The second-order valence-electron chi connectivity index (χ2n) is 5.68. The van der Waals surface area contributed by atoms with Crippen LogP contribution >= 0.6 is 0 Å². The van der Waals surface area contributed by atoms with E-state index in [-0.39, 0.29) is 11.3 Å². The monoisotopic (exact) mass is 261 g/mol. The molecule has 0 aliphatic heterocycles. The van der Waals surface area contributed by atoms with Gasteiger partial charge in [-0.25, -0.2) is 0 Å². The van der Waals surface area contributed by atoms with Crippen LogP contribution in [-0.2, 0) is 10.2 Å². The molecule has 1 rings (SSSR count). The van der Waals surface area contributed by atoms with Gasteiger partial charge in [0.05, 0.1) is 0 Å². The Hall–Kier alpha value is -1.61. The van der Waals surface area contributed by atoms with Crippen molar-refractivity contribution >= 4 is 11.6 Å². The highest BCUT2D eigenvalue weighted by Crippen LogP contribution is 2.32. The van der Waals surface area contributed by atoms with E-state index < -0.39 is 6.10 Å². The lowest BCUT2D eigenvalue weighted by Crippen LogP contribution is -2.39. The number of benzene rings is 1. The number of rotatable bonds is 4. The number of hydrogen-bond acceptors (Lipinski definition) is 2. The molecule has 1 N–H and O–H groups in total. The third kappa shape index (κ3) is 3.67. The Bertz CT molecular complexity index is 458. The molecule has 1 aromatic carbocycles. The molecule has 0 bridgehead atoms. The molecule has 0 aromatic heterocycles. The molecule has 1 atom stereocenters. The van der Waals surface area contributed by atoms with Gasteiger partial charge < -0.3 is 10.0 Å². The van der Waals surface area contributed by atoms with Crippen molar-refractivity contribution in [3.8, 4) is 0 Å². The minimum absolute atomic E-state index is 0.0744. The van der Waals surface area contributed by atoms with Crippen molar-refractivity contribution in [3.63, 3.8) is 0 Å². The summed E-state index contributed by atoms with van der Waals surface area (Å²) >= 11 is 0. The zero-order chi connectivity index (χ0) is 14.6. The molecular formula is C16H23NO2. The first-order valence-electron chi connectivity index (χ1n) is 6.49. The van der Waals surface area contributed by atoms with Gasteiger partial charge in [-0.05, 0) is 24.0 Å². The van der Waals surface area contributed by atoms with Crippen molar-refractivity contribution in [2.24, 2.45) is 0 Å². The zero-order valence-corrected chi connectivity index (χ0v) is 12.2. The van der Waals surface area contributed by atoms with Gasteiger partial charge in [-0.15, -0.1) is 6.58 Å². The molecule has 1 amide bonds. The van der Waals surface area contributed by atoms with Gasteiger partial charge in [0.15, 0.2) is 0 Å². The molecule has 0 aliphatic rings. The summed E-state index contributed by atoms with van der Waals surface area (Å²) in [4.78, 5) is 13.7. The number of hydrogen-bond donors (Lipinski definition) is 1. The van der Waals surface area contributed by atoms with Gasteiger partial charge >= 0.3 is 0 Å². The summed E-state index contributed by atoms with van der Waals surface area (Å²) in [5.74, 6) is -0.309. The van der Waals surface area contributed by atoms with E-state index >= 15 is 0 Å². The fourth-order valence-corrected chi connectivity index (χ4v) is 2.00. The van der Waals surface area contributed by atoms with E-state index in [4.69, 9.17) is 0 Å². The van der Waals surface area contributed by atoms with Gasteiger partial charge in [0.2, 0.25) is 0 Å². The van der Waals surface area contributed by atoms with Gasteiger partial charge in [-0.1, -0.05) is 45.0 Å². The van der Waals surface area contributed by atoms with Gasteiger partial charge in [0.25, 0.3) is 5.91 Å². The molecule has 3 heteroatoms. The molecule has 19 heavy (non-hydrogen) atoms. The van der Waals surface area contributed by atoms with Crippen LogP contribution in [0.4, 0.5) is 5.69 Å². The highest BCUT2D eigenvalue weighted by atomic mass is 16.3. The summed E-state index contributed by atoms with van der Waals surface area (Å²) < 4.78 is 0. The summed E-state index contributed by atoms with van der Waals surface area (Å²) in [5, 5.41) is 9.55. The average molecular weight is 261 g/mol. The standard InChI is InChI=1S/C16H23NO2/c1-6-11-17(15(19)12(2)18)14-10-8-7-9-13(14)16(3,4)5/h6-10,12,18H,1,11H2,2-5H3/t12-/m0/s1. The maximum atomic E-state index is 12.1. The predicted molar refractivity (Wildman–Crippen MR) is 79.4 cm³/mol. The number of carbonyl (C=O) groups excluding carboxylic acids is 1. The number of nitrogens with zero attached hydrogens (tertiary/aromatic N) is 1. The molecule has 0 saturated carbocycles. The minimum atomic E-state index is -1.02. The summed E-state index contributed by atoms with van der Waals surface area (Å²) in [6.07, 6.45) is 0.646. The van der Waals surface area contributed by atoms with Crippen molar-refractivity contribution in [3.05, 3.63) is 42.5 Å². The third-order valence-corrected chi connectivity index (χ3v) is 2.94. The Kier molecular flexibility index (Phi) is 4.90. The van der Waals surface area contributed by atoms with Crippen LogP contribution in [0, 0.1) is 0 Å². The minimum Gasteiger partial charge on any atom is -0.384 e. The molecule has 0 unspecified atom stereocenters. The second kappa shape index (κ2) is 6.02. The van der Waals surface area contributed by atoms with E-state index in [1.165, 1.54) is 6.92 Å². The van der Waals surface area contributed by atoms with Crippen LogP contribution in [0.25, 0.3) is 0 Å². The Morgan fingerprint density at radius 3 is 2.47 bits per heavy atom. The number of aliphatic hydroxyl groups excluding tert-OH is 1. The van der Waals surface area contributed by atoms with E-state index in [1.54, 1.807) is 11.0 Å². The highest BCUT2D eigenvalue weighted by molar-refractivity contribution is 5.97. The first-order valence-corrected chi connectivity index (χ1v) is 6.49. The second-order valence-corrected chi connectivity index (χ2v) is 5.68. The maximum absolute atomic E-state index is 12.1. The number of para-hydroxylation sites is 1. The summed E-state index contributed by atoms with van der Waals surface area (Å²) in [7, 11) is 0. The van der Waals surface area contributed by atoms with E-state index in [1.807, 2.05) is 24.3 Å². The van der Waals surface area contributed by atoms with Crippen LogP contribution in [-0.4, -0.2) is 23.7 Å². The number of anilines is 1. The lowest BCUT2D eigenvalue weighted by Gasteiger charge is -2.30. The normalized spacial score (nSPS) is 12.9. The number of amides is 1. The van der Waals surface area contributed by atoms with Crippen molar-refractivity contribution in [2.75, 3.05) is 11.4 Å². The Morgan fingerprint density at radius 1 is 1.42 bits per heavy atom. The first kappa shape index (κ1) is 15.4. The molecule has 104 valence electrons. The number of carbonyl (C=O) groups is 1. The molecule has 1 aromatic rings. The number of aliphatic hydroxyl groups is 1. The summed E-state index contributed by atoms with van der Waals surface area (Å²) in [6.45, 7) is 11.9. The van der Waals surface area contributed by atoms with Crippen LogP contribution in [0.1, 0.15) is 33.3 Å². The van der Waals surface area contributed by atoms with Crippen molar-refractivity contribution in [1.82, 2.24) is 0 Å². The van der Waals surface area contributed by atoms with Crippen molar-refractivity contribution < 1.29 is 9.90 Å². The van der Waals surface area contributed by atoms with Crippen LogP contribution in [0.3, 0.4) is 0 Å². The topological polar surface area (TPSA) is 40.5 Å². The zero-order valence-electron chi connectivity index (χ0n) is 12.2. The Morgan fingerprint density at radius 2 is 2.00 bits per heavy atom. The quantitative estimate of drug-likeness (QED) is 0.847. The lowest BCUT2D eigenvalue weighted by atomic mass is 9.85. The van der Waals surface area contributed by atoms with Crippen LogP contribution in [0.2, 0.25) is 0 Å². The van der Waals surface area contributed by atoms with Gasteiger partial charge in [-0.3, -0.25) is 4.79 Å². The molecule has 3 nitrogen and oxygen atoms in total. The molecular weight excluding hydrogens is 238 g/mol. The highest BCUT2D eigenvalue weighted by Gasteiger charge is 2.25. The average Bonchev–Trinajstić information content (AvgIpc) is 2.34. The summed E-state index contributed by atoms with van der Waals surface area (Å²) in [6, 6.07) is 7.78. The Balaban J connectivity index is 3.31. The predicted octanol–water partition coefficient (Wildman–Crippen LogP) is 2.88. The third-order valence-electron chi connectivity index (χ3n) is 2.94. The smallest absolute Gasteiger partial charge is 0.255 e. The SMILES string of the molecule is C=CCN(C(=O)[C@H](C)O)c1ccccc1C(C)(C)C. The molecule has 0 saturated heterocycles. The lowest BCUT2D eigenvalue weighted by molar-refractivity contribution is -0.125. The van der Waals surface area contributed by atoms with Crippen LogP contribution < -0.4 is 4.90 Å². The van der Waals surface area contributed by atoms with Crippen LogP contribution in [0.5, 0.6) is 0 Å². The molecule has 0 heterocycles. The molecule has 0 radical (unpaired) electrons. The van der Waals surface area contributed by atoms with E-state index in [0.717, 1.165) is 11.3 Å². The molecule has 0 spiro atoms. The Labute approximate surface area is 115 Å². The van der Waals surface area contributed by atoms with Crippen LogP contribution in [0.15, 0.2) is 36.9 Å². The van der Waals surface area contributed by atoms with Gasteiger partial charge in [0, 0.05) is 12.2 Å². The largest absolute Gasteiger partial charge is 0.384 e. The summed E-state index contributed by atoms with van der Waals surface area (Å²) in [5.41, 5.74) is 1.83.